The highest BCUT2D eigenvalue weighted by Gasteiger charge is 2.25. The Morgan fingerprint density at radius 1 is 0.707 bits per heavy atom. The average molecular weight is 559 g/mol. The molecule has 0 bridgehead atoms. The maximum absolute atomic E-state index is 13.9. The topological polar surface area (TPSA) is 111 Å². The second kappa shape index (κ2) is 13.4. The Labute approximate surface area is 242 Å². The lowest BCUT2D eigenvalue weighted by molar-refractivity contribution is 0.440. The lowest BCUT2D eigenvalue weighted by Crippen LogP contribution is -2.12. The highest BCUT2D eigenvalue weighted by atomic mass is 16.3. The smallest absolute Gasteiger partial charge is 0.200 e. The van der Waals surface area contributed by atoms with Crippen LogP contribution in [0, 0.1) is 0 Å². The van der Waals surface area contributed by atoms with E-state index in [2.05, 4.69) is 19.9 Å². The van der Waals surface area contributed by atoms with Crippen LogP contribution < -0.4 is 5.43 Å². The summed E-state index contributed by atoms with van der Waals surface area (Å²) in [5.41, 5.74) is 5.19. The molecule has 0 unspecified atom stereocenters. The second-order valence-electron chi connectivity index (χ2n) is 11.3. The molecule has 6 heteroatoms. The third-order valence-corrected chi connectivity index (χ3v) is 7.00. The number of phenols is 4. The van der Waals surface area contributed by atoms with Gasteiger partial charge in [0.25, 0.3) is 0 Å². The number of phenolic OH excluding ortho intramolecular Hbond substituents is 4. The Bertz CT molecular complexity index is 1620. The van der Waals surface area contributed by atoms with E-state index in [1.54, 1.807) is 0 Å². The molecule has 218 valence electrons. The summed E-state index contributed by atoms with van der Waals surface area (Å²) in [5, 5.41) is 43.5. The number of hydrogen-bond donors (Lipinski definition) is 4. The van der Waals surface area contributed by atoms with Crippen molar-refractivity contribution >= 4 is 11.0 Å². The van der Waals surface area contributed by atoms with Gasteiger partial charge in [0.2, 0.25) is 5.43 Å². The van der Waals surface area contributed by atoms with Crippen LogP contribution in [0.4, 0.5) is 0 Å². The minimum Gasteiger partial charge on any atom is -0.508 e. The van der Waals surface area contributed by atoms with E-state index in [0.717, 1.165) is 29.6 Å². The lowest BCUT2D eigenvalue weighted by Gasteiger charge is -2.16. The maximum atomic E-state index is 13.9. The first-order valence-electron chi connectivity index (χ1n) is 13.9. The molecule has 6 nitrogen and oxygen atoms in total. The van der Waals surface area contributed by atoms with Gasteiger partial charge in [-0.2, -0.15) is 0 Å². The van der Waals surface area contributed by atoms with E-state index in [4.69, 9.17) is 4.42 Å². The molecule has 0 fully saturated rings. The Morgan fingerprint density at radius 2 is 1.29 bits per heavy atom. The summed E-state index contributed by atoms with van der Waals surface area (Å²) in [5.74, 6) is -0.682. The summed E-state index contributed by atoms with van der Waals surface area (Å²) in [6.45, 7) is 13.8. The minimum atomic E-state index is -0.446. The maximum Gasteiger partial charge on any atom is 0.200 e. The van der Waals surface area contributed by atoms with Gasteiger partial charge in [0.1, 0.15) is 39.7 Å². The first-order valence-corrected chi connectivity index (χ1v) is 13.9. The number of hydrogen-bond acceptors (Lipinski definition) is 6. The van der Waals surface area contributed by atoms with Crippen molar-refractivity contribution in [2.75, 3.05) is 0 Å². The molecule has 1 aromatic heterocycles. The number of benzene rings is 2. The molecular weight excluding hydrogens is 516 g/mol. The molecule has 0 amide bonds. The van der Waals surface area contributed by atoms with Crippen molar-refractivity contribution < 1.29 is 24.8 Å². The lowest BCUT2D eigenvalue weighted by atomic mass is 9.95. The van der Waals surface area contributed by atoms with Crippen LogP contribution in [0.1, 0.15) is 78.0 Å². The van der Waals surface area contributed by atoms with Gasteiger partial charge >= 0.3 is 0 Å². The van der Waals surface area contributed by atoms with Crippen molar-refractivity contribution in [3.8, 4) is 34.3 Å². The zero-order valence-electron chi connectivity index (χ0n) is 25.2. The van der Waals surface area contributed by atoms with Gasteiger partial charge in [-0.3, -0.25) is 4.79 Å². The molecule has 3 aromatic rings. The standard InChI is InChI=1S/C35H42O6/c1-20(2)9-8-10-23(7)13-16-24-28(36)18-17-26(32(24)39)34-27(15-12-22(5)6)33(40)31-30(38)19-29(37)25(35(31)41-34)14-11-21(3)4/h9,11-13,17-19,36-39H,8,10,14-16H2,1-7H3/b23-13+. The summed E-state index contributed by atoms with van der Waals surface area (Å²) in [4.78, 5) is 13.9. The van der Waals surface area contributed by atoms with Crippen LogP contribution in [-0.4, -0.2) is 20.4 Å². The third-order valence-electron chi connectivity index (χ3n) is 7.00. The number of rotatable bonds is 10. The van der Waals surface area contributed by atoms with Crippen molar-refractivity contribution in [2.45, 2.75) is 80.6 Å². The van der Waals surface area contributed by atoms with Crippen molar-refractivity contribution in [1.82, 2.24) is 0 Å². The van der Waals surface area contributed by atoms with E-state index in [-0.39, 0.29) is 63.7 Å². The third kappa shape index (κ3) is 7.51. The summed E-state index contributed by atoms with van der Waals surface area (Å²) >= 11 is 0. The van der Waals surface area contributed by atoms with Crippen LogP contribution in [0.5, 0.6) is 23.0 Å². The van der Waals surface area contributed by atoms with E-state index in [0.29, 0.717) is 17.5 Å². The van der Waals surface area contributed by atoms with Gasteiger partial charge in [0.05, 0.1) is 5.56 Å². The summed E-state index contributed by atoms with van der Waals surface area (Å²) in [6, 6.07) is 4.17. The van der Waals surface area contributed by atoms with Crippen molar-refractivity contribution in [3.05, 3.63) is 91.7 Å². The fraction of sp³-hybridized carbons (Fsp3) is 0.343. The Balaban J connectivity index is 2.28. The monoisotopic (exact) mass is 558 g/mol. The van der Waals surface area contributed by atoms with Crippen LogP contribution in [0.25, 0.3) is 22.3 Å². The summed E-state index contributed by atoms with van der Waals surface area (Å²) in [6.07, 6.45) is 10.5. The average Bonchev–Trinajstić information content (AvgIpc) is 2.87. The molecule has 0 atom stereocenters. The summed E-state index contributed by atoms with van der Waals surface area (Å²) < 4.78 is 6.35. The van der Waals surface area contributed by atoms with Crippen LogP contribution in [0.15, 0.2) is 74.0 Å². The van der Waals surface area contributed by atoms with E-state index in [1.807, 2.05) is 52.8 Å². The van der Waals surface area contributed by atoms with Gasteiger partial charge in [-0.1, -0.05) is 46.6 Å². The SMILES string of the molecule is CC(C)=CCC/C(C)=C/Cc1c(O)ccc(-c2oc3c(CC=C(C)C)c(O)cc(O)c3c(=O)c2CC=C(C)C)c1O. The molecule has 0 radical (unpaired) electrons. The van der Waals surface area contributed by atoms with Crippen LogP contribution in [0.2, 0.25) is 0 Å². The van der Waals surface area contributed by atoms with Crippen molar-refractivity contribution in [3.63, 3.8) is 0 Å². The number of allylic oxidation sites excluding steroid dienone is 8. The van der Waals surface area contributed by atoms with E-state index >= 15 is 0 Å². The highest BCUT2D eigenvalue weighted by molar-refractivity contribution is 5.91. The summed E-state index contributed by atoms with van der Waals surface area (Å²) in [7, 11) is 0. The fourth-order valence-corrected chi connectivity index (χ4v) is 4.61. The van der Waals surface area contributed by atoms with Crippen molar-refractivity contribution in [1.29, 1.82) is 0 Å². The molecule has 0 aliphatic heterocycles. The molecule has 0 aliphatic rings. The number of fused-ring (bicyclic) bond motifs is 1. The predicted molar refractivity (Wildman–Crippen MR) is 167 cm³/mol. The van der Waals surface area contributed by atoms with Crippen LogP contribution >= 0.6 is 0 Å². The molecule has 0 spiro atoms. The molecule has 0 saturated carbocycles. The van der Waals surface area contributed by atoms with Gasteiger partial charge in [-0.05, 0) is 92.7 Å². The second-order valence-corrected chi connectivity index (χ2v) is 11.3. The Kier molecular flexibility index (Phi) is 10.3. The molecule has 0 aliphatic carbocycles. The molecule has 4 N–H and O–H groups in total. The fourth-order valence-electron chi connectivity index (χ4n) is 4.61. The van der Waals surface area contributed by atoms with Gasteiger partial charge in [0.15, 0.2) is 0 Å². The first-order chi connectivity index (χ1) is 19.3. The molecular formula is C35H42O6. The minimum absolute atomic E-state index is 0.0192. The van der Waals surface area contributed by atoms with E-state index in [1.165, 1.54) is 23.8 Å². The van der Waals surface area contributed by atoms with E-state index < -0.39 is 5.43 Å². The molecule has 2 aromatic carbocycles. The Morgan fingerprint density at radius 3 is 1.90 bits per heavy atom. The molecule has 41 heavy (non-hydrogen) atoms. The molecule has 1 heterocycles. The van der Waals surface area contributed by atoms with Crippen molar-refractivity contribution in [2.24, 2.45) is 0 Å². The van der Waals surface area contributed by atoms with Crippen LogP contribution in [-0.2, 0) is 19.3 Å². The van der Waals surface area contributed by atoms with Crippen LogP contribution in [0.3, 0.4) is 0 Å². The number of aromatic hydroxyl groups is 4. The first kappa shape index (κ1) is 31.3. The largest absolute Gasteiger partial charge is 0.508 e. The quantitative estimate of drug-likeness (QED) is 0.186. The molecule has 3 rings (SSSR count). The highest BCUT2D eigenvalue weighted by Crippen LogP contribution is 2.42. The zero-order valence-corrected chi connectivity index (χ0v) is 25.2. The van der Waals surface area contributed by atoms with Gasteiger partial charge in [-0.25, -0.2) is 0 Å². The van der Waals surface area contributed by atoms with Gasteiger partial charge in [-0.15, -0.1) is 0 Å². The van der Waals surface area contributed by atoms with Gasteiger partial charge in [0, 0.05) is 22.8 Å². The predicted octanol–water partition coefficient (Wildman–Crippen LogP) is 8.54. The van der Waals surface area contributed by atoms with Gasteiger partial charge < -0.3 is 24.8 Å². The Hall–Kier alpha value is -4.19. The normalized spacial score (nSPS) is 11.4. The zero-order chi connectivity index (χ0) is 30.4. The molecule has 0 saturated heterocycles. The van der Waals surface area contributed by atoms with E-state index in [9.17, 15) is 25.2 Å².